The van der Waals surface area contributed by atoms with Gasteiger partial charge >= 0.3 is 0 Å². The maximum Gasteiger partial charge on any atom is 0.222 e. The monoisotopic (exact) mass is 313 g/mol. The third-order valence-corrected chi connectivity index (χ3v) is 4.14. The maximum atomic E-state index is 8.90. The van der Waals surface area contributed by atoms with Crippen molar-refractivity contribution in [3.63, 3.8) is 0 Å². The van der Waals surface area contributed by atoms with Crippen molar-refractivity contribution in [3.05, 3.63) is 52.8 Å². The summed E-state index contributed by atoms with van der Waals surface area (Å²) < 4.78 is 0. The topological polar surface area (TPSA) is 65.7 Å². The van der Waals surface area contributed by atoms with Crippen molar-refractivity contribution in [2.75, 3.05) is 13.1 Å². The molecule has 112 valence electrons. The first-order valence-corrected chi connectivity index (χ1v) is 7.69. The summed E-state index contributed by atoms with van der Waals surface area (Å²) in [6, 6.07) is 9.62. The van der Waals surface area contributed by atoms with E-state index in [0.717, 1.165) is 43.9 Å². The van der Waals surface area contributed by atoms with Crippen molar-refractivity contribution in [1.29, 1.82) is 5.26 Å². The first-order chi connectivity index (χ1) is 10.7. The van der Waals surface area contributed by atoms with E-state index in [-0.39, 0.29) is 0 Å². The van der Waals surface area contributed by atoms with Crippen LogP contribution >= 0.6 is 11.6 Å². The SMILES string of the molecule is N#Cc1cccc(CN2CCC(c3ccnc(Cl)n3)CC2)n1. The highest BCUT2D eigenvalue weighted by atomic mass is 35.5. The van der Waals surface area contributed by atoms with Gasteiger partial charge in [-0.25, -0.2) is 15.0 Å². The molecular formula is C16H16ClN5. The van der Waals surface area contributed by atoms with Crippen LogP contribution in [0.4, 0.5) is 0 Å². The summed E-state index contributed by atoms with van der Waals surface area (Å²) >= 11 is 5.86. The molecule has 0 bridgehead atoms. The van der Waals surface area contributed by atoms with E-state index < -0.39 is 0 Å². The molecule has 0 aliphatic carbocycles. The number of piperidine rings is 1. The van der Waals surface area contributed by atoms with Gasteiger partial charge in [-0.2, -0.15) is 5.26 Å². The Morgan fingerprint density at radius 2 is 2.05 bits per heavy atom. The fraction of sp³-hybridized carbons (Fsp3) is 0.375. The smallest absolute Gasteiger partial charge is 0.222 e. The van der Waals surface area contributed by atoms with E-state index in [9.17, 15) is 0 Å². The Labute approximate surface area is 134 Å². The fourth-order valence-corrected chi connectivity index (χ4v) is 2.97. The molecule has 3 heterocycles. The molecule has 0 saturated carbocycles. The second-order valence-electron chi connectivity index (χ2n) is 5.43. The molecule has 0 N–H and O–H groups in total. The van der Waals surface area contributed by atoms with Gasteiger partial charge in [0.05, 0.1) is 5.69 Å². The Balaban J connectivity index is 1.59. The third kappa shape index (κ3) is 3.59. The number of hydrogen-bond acceptors (Lipinski definition) is 5. The van der Waals surface area contributed by atoms with Crippen LogP contribution in [0.5, 0.6) is 0 Å². The molecule has 2 aromatic rings. The average Bonchev–Trinajstić information content (AvgIpc) is 2.56. The van der Waals surface area contributed by atoms with Gasteiger partial charge < -0.3 is 0 Å². The van der Waals surface area contributed by atoms with Crippen LogP contribution in [0, 0.1) is 11.3 Å². The van der Waals surface area contributed by atoms with Gasteiger partial charge in [0.25, 0.3) is 0 Å². The van der Waals surface area contributed by atoms with E-state index in [2.05, 4.69) is 25.9 Å². The Morgan fingerprint density at radius 3 is 2.77 bits per heavy atom. The fourth-order valence-electron chi connectivity index (χ4n) is 2.82. The number of aromatic nitrogens is 3. The van der Waals surface area contributed by atoms with E-state index in [1.54, 1.807) is 12.3 Å². The molecule has 5 nitrogen and oxygen atoms in total. The zero-order chi connectivity index (χ0) is 15.4. The predicted octanol–water partition coefficient (Wildman–Crippen LogP) is 2.78. The van der Waals surface area contributed by atoms with Crippen LogP contribution in [-0.4, -0.2) is 32.9 Å². The van der Waals surface area contributed by atoms with Gasteiger partial charge in [-0.15, -0.1) is 0 Å². The van der Waals surface area contributed by atoms with Gasteiger partial charge in [0.15, 0.2) is 0 Å². The first kappa shape index (κ1) is 14.9. The van der Waals surface area contributed by atoms with Crippen molar-refractivity contribution in [2.45, 2.75) is 25.3 Å². The Morgan fingerprint density at radius 1 is 1.23 bits per heavy atom. The molecule has 0 spiro atoms. The number of nitriles is 1. The van der Waals surface area contributed by atoms with E-state index in [1.807, 2.05) is 18.2 Å². The number of halogens is 1. The molecule has 22 heavy (non-hydrogen) atoms. The molecule has 6 heteroatoms. The highest BCUT2D eigenvalue weighted by molar-refractivity contribution is 6.28. The van der Waals surface area contributed by atoms with E-state index >= 15 is 0 Å². The van der Waals surface area contributed by atoms with Crippen molar-refractivity contribution in [3.8, 4) is 6.07 Å². The third-order valence-electron chi connectivity index (χ3n) is 3.96. The van der Waals surface area contributed by atoms with Gasteiger partial charge in [0.2, 0.25) is 5.28 Å². The highest BCUT2D eigenvalue weighted by Gasteiger charge is 2.22. The van der Waals surface area contributed by atoms with Crippen LogP contribution in [0.1, 0.15) is 35.8 Å². The van der Waals surface area contributed by atoms with Gasteiger partial charge in [-0.05, 0) is 55.7 Å². The normalized spacial score (nSPS) is 16.4. The standard InChI is InChI=1S/C16H16ClN5/c17-16-19-7-4-15(21-16)12-5-8-22(9-6-12)11-14-3-1-2-13(10-18)20-14/h1-4,7,12H,5-6,8-9,11H2. The number of rotatable bonds is 3. The van der Waals surface area contributed by atoms with Crippen molar-refractivity contribution in [2.24, 2.45) is 0 Å². The molecule has 2 aromatic heterocycles. The molecule has 1 saturated heterocycles. The molecule has 1 aliphatic rings. The molecule has 0 unspecified atom stereocenters. The van der Waals surface area contributed by atoms with Crippen LogP contribution in [0.3, 0.4) is 0 Å². The number of nitrogens with zero attached hydrogens (tertiary/aromatic N) is 5. The molecular weight excluding hydrogens is 298 g/mol. The maximum absolute atomic E-state index is 8.90. The van der Waals surface area contributed by atoms with E-state index in [1.165, 1.54) is 0 Å². The highest BCUT2D eigenvalue weighted by Crippen LogP contribution is 2.27. The average molecular weight is 314 g/mol. The largest absolute Gasteiger partial charge is 0.297 e. The van der Waals surface area contributed by atoms with Gasteiger partial charge in [-0.3, -0.25) is 4.90 Å². The van der Waals surface area contributed by atoms with Crippen molar-refractivity contribution < 1.29 is 0 Å². The Bertz CT molecular complexity index is 689. The summed E-state index contributed by atoms with van der Waals surface area (Å²) in [7, 11) is 0. The minimum absolute atomic E-state index is 0.317. The summed E-state index contributed by atoms with van der Waals surface area (Å²) in [5, 5.41) is 9.22. The van der Waals surface area contributed by atoms with Crippen LogP contribution in [0.15, 0.2) is 30.5 Å². The number of hydrogen-bond donors (Lipinski definition) is 0. The van der Waals surface area contributed by atoms with E-state index in [0.29, 0.717) is 16.9 Å². The number of likely N-dealkylation sites (tertiary alicyclic amines) is 1. The lowest BCUT2D eigenvalue weighted by Gasteiger charge is -2.31. The summed E-state index contributed by atoms with van der Waals surface area (Å²) in [5.74, 6) is 0.440. The summed E-state index contributed by atoms with van der Waals surface area (Å²) in [4.78, 5) is 14.9. The molecule has 0 atom stereocenters. The minimum atomic E-state index is 0.317. The van der Waals surface area contributed by atoms with Crippen LogP contribution in [-0.2, 0) is 6.54 Å². The second kappa shape index (κ2) is 6.82. The lowest BCUT2D eigenvalue weighted by molar-refractivity contribution is 0.201. The van der Waals surface area contributed by atoms with Gasteiger partial charge in [0.1, 0.15) is 11.8 Å². The lowest BCUT2D eigenvalue weighted by atomic mass is 9.93. The summed E-state index contributed by atoms with van der Waals surface area (Å²) in [5.41, 5.74) is 2.45. The van der Waals surface area contributed by atoms with Gasteiger partial charge in [0, 0.05) is 24.4 Å². The Hall–Kier alpha value is -2.03. The van der Waals surface area contributed by atoms with Crippen molar-refractivity contribution in [1.82, 2.24) is 19.9 Å². The molecule has 1 fully saturated rings. The second-order valence-corrected chi connectivity index (χ2v) is 5.76. The first-order valence-electron chi connectivity index (χ1n) is 7.31. The zero-order valence-electron chi connectivity index (χ0n) is 12.1. The lowest BCUT2D eigenvalue weighted by Crippen LogP contribution is -2.33. The van der Waals surface area contributed by atoms with Crippen molar-refractivity contribution >= 4 is 11.6 Å². The summed E-state index contributed by atoms with van der Waals surface area (Å²) in [6.45, 7) is 2.77. The van der Waals surface area contributed by atoms with E-state index in [4.69, 9.17) is 16.9 Å². The predicted molar refractivity (Wildman–Crippen MR) is 83.2 cm³/mol. The summed E-state index contributed by atoms with van der Waals surface area (Å²) in [6.07, 6.45) is 3.81. The molecule has 0 aromatic carbocycles. The Kier molecular flexibility index (Phi) is 4.62. The molecule has 1 aliphatic heterocycles. The quantitative estimate of drug-likeness (QED) is 0.815. The zero-order valence-corrected chi connectivity index (χ0v) is 12.9. The number of pyridine rings is 1. The molecule has 0 radical (unpaired) electrons. The molecule has 3 rings (SSSR count). The van der Waals surface area contributed by atoms with Crippen LogP contribution in [0.25, 0.3) is 0 Å². The molecule has 0 amide bonds. The van der Waals surface area contributed by atoms with Crippen LogP contribution in [0.2, 0.25) is 5.28 Å². The van der Waals surface area contributed by atoms with Gasteiger partial charge in [-0.1, -0.05) is 6.07 Å². The van der Waals surface area contributed by atoms with Crippen LogP contribution < -0.4 is 0 Å². The minimum Gasteiger partial charge on any atom is -0.297 e.